The summed E-state index contributed by atoms with van der Waals surface area (Å²) in [5.74, 6) is -2.42. The van der Waals surface area contributed by atoms with Crippen molar-refractivity contribution in [1.29, 1.82) is 0 Å². The SMILES string of the molecule is [NH3+][C@@H](CCC(=O)NCCS(=O)(=O)O)C(=O)[O-]. The Hall–Kier alpha value is -1.19. The normalized spacial score (nSPS) is 13.1. The van der Waals surface area contributed by atoms with Crippen molar-refractivity contribution in [1.82, 2.24) is 5.32 Å². The number of hydrogen-bond acceptors (Lipinski definition) is 5. The first-order valence-electron chi connectivity index (χ1n) is 4.48. The Morgan fingerprint density at radius 1 is 1.44 bits per heavy atom. The molecule has 0 rings (SSSR count). The van der Waals surface area contributed by atoms with E-state index in [1.54, 1.807) is 0 Å². The van der Waals surface area contributed by atoms with E-state index in [1.165, 1.54) is 0 Å². The molecule has 0 aromatic rings. The van der Waals surface area contributed by atoms with Gasteiger partial charge in [0.1, 0.15) is 6.04 Å². The van der Waals surface area contributed by atoms with Gasteiger partial charge in [-0.2, -0.15) is 8.42 Å². The lowest BCUT2D eigenvalue weighted by Crippen LogP contribution is -2.68. The number of carboxylic acids is 1. The molecule has 0 spiro atoms. The van der Waals surface area contributed by atoms with Gasteiger partial charge in [0.25, 0.3) is 10.1 Å². The largest absolute Gasteiger partial charge is 0.544 e. The maximum Gasteiger partial charge on any atom is 0.266 e. The zero-order chi connectivity index (χ0) is 12.8. The van der Waals surface area contributed by atoms with Crippen LogP contribution in [0.2, 0.25) is 0 Å². The lowest BCUT2D eigenvalue weighted by molar-refractivity contribution is -0.438. The van der Waals surface area contributed by atoms with Crippen molar-refractivity contribution in [2.45, 2.75) is 18.9 Å². The molecular formula is C7H14N2O6S. The van der Waals surface area contributed by atoms with Gasteiger partial charge in [-0.15, -0.1) is 0 Å². The molecule has 8 nitrogen and oxygen atoms in total. The standard InChI is InChI=1S/C7H14N2O6S/c8-5(7(11)12)1-2-6(10)9-3-4-16(13,14)15/h5H,1-4,8H2,(H,9,10)(H,11,12)(H,13,14,15)/t5-/m0/s1. The Kier molecular flexibility index (Phi) is 5.93. The summed E-state index contributed by atoms with van der Waals surface area (Å²) >= 11 is 0. The lowest BCUT2D eigenvalue weighted by atomic mass is 10.1. The highest BCUT2D eigenvalue weighted by molar-refractivity contribution is 7.85. The van der Waals surface area contributed by atoms with Crippen molar-refractivity contribution < 1.29 is 33.4 Å². The van der Waals surface area contributed by atoms with Crippen LogP contribution in [0.15, 0.2) is 0 Å². The van der Waals surface area contributed by atoms with E-state index >= 15 is 0 Å². The van der Waals surface area contributed by atoms with Crippen LogP contribution in [0, 0.1) is 0 Å². The molecule has 0 radical (unpaired) electrons. The Morgan fingerprint density at radius 3 is 2.44 bits per heavy atom. The van der Waals surface area contributed by atoms with Crippen LogP contribution in [0.1, 0.15) is 12.8 Å². The Labute approximate surface area is 92.6 Å². The van der Waals surface area contributed by atoms with Gasteiger partial charge in [-0.3, -0.25) is 9.35 Å². The van der Waals surface area contributed by atoms with Crippen molar-refractivity contribution in [3.8, 4) is 0 Å². The second-order valence-corrected chi connectivity index (χ2v) is 4.76. The molecule has 0 saturated heterocycles. The molecule has 0 aliphatic carbocycles. The van der Waals surface area contributed by atoms with Crippen molar-refractivity contribution in [2.24, 2.45) is 0 Å². The van der Waals surface area contributed by atoms with Crippen molar-refractivity contribution >= 4 is 22.0 Å². The number of carbonyl (C=O) groups excluding carboxylic acids is 2. The summed E-state index contributed by atoms with van der Waals surface area (Å²) in [6.45, 7) is -0.217. The fraction of sp³-hybridized carbons (Fsp3) is 0.714. The van der Waals surface area contributed by atoms with Crippen LogP contribution in [0.4, 0.5) is 0 Å². The highest BCUT2D eigenvalue weighted by Crippen LogP contribution is 1.92. The second-order valence-electron chi connectivity index (χ2n) is 3.19. The molecular weight excluding hydrogens is 240 g/mol. The van der Waals surface area contributed by atoms with Gasteiger partial charge in [0, 0.05) is 19.4 Å². The maximum atomic E-state index is 11.0. The third-order valence-electron chi connectivity index (χ3n) is 1.74. The summed E-state index contributed by atoms with van der Waals surface area (Å²) in [6.07, 6.45) is -0.0757. The maximum absolute atomic E-state index is 11.0. The third kappa shape index (κ3) is 8.15. The molecule has 0 aliphatic heterocycles. The van der Waals surface area contributed by atoms with Gasteiger partial charge < -0.3 is 21.0 Å². The predicted octanol–water partition coefficient (Wildman–Crippen LogP) is -3.87. The molecule has 1 atom stereocenters. The Bertz CT molecular complexity index is 352. The predicted molar refractivity (Wildman–Crippen MR) is 50.3 cm³/mol. The van der Waals surface area contributed by atoms with E-state index in [9.17, 15) is 23.1 Å². The number of carbonyl (C=O) groups is 2. The summed E-state index contributed by atoms with van der Waals surface area (Å²) in [4.78, 5) is 21.3. The molecule has 0 fully saturated rings. The number of hydrogen-bond donors (Lipinski definition) is 3. The van der Waals surface area contributed by atoms with Crippen LogP contribution in [0.5, 0.6) is 0 Å². The fourth-order valence-corrected chi connectivity index (χ4v) is 1.19. The number of nitrogens with one attached hydrogen (secondary N) is 1. The van der Waals surface area contributed by atoms with Gasteiger partial charge in [0.2, 0.25) is 5.91 Å². The minimum atomic E-state index is -4.10. The average molecular weight is 254 g/mol. The molecule has 16 heavy (non-hydrogen) atoms. The molecule has 0 unspecified atom stereocenters. The quantitative estimate of drug-likeness (QED) is 0.395. The topological polar surface area (TPSA) is 151 Å². The molecule has 1 amide bonds. The van der Waals surface area contributed by atoms with Crippen LogP contribution in [0.3, 0.4) is 0 Å². The van der Waals surface area contributed by atoms with Gasteiger partial charge in [-0.25, -0.2) is 0 Å². The van der Waals surface area contributed by atoms with Gasteiger partial charge in [0.15, 0.2) is 0 Å². The number of quaternary nitrogens is 1. The Morgan fingerprint density at radius 2 is 2.00 bits per heavy atom. The molecule has 9 heteroatoms. The fourth-order valence-electron chi connectivity index (χ4n) is 0.831. The van der Waals surface area contributed by atoms with E-state index in [1.807, 2.05) is 0 Å². The molecule has 0 heterocycles. The van der Waals surface area contributed by atoms with E-state index in [-0.39, 0.29) is 19.4 Å². The highest BCUT2D eigenvalue weighted by Gasteiger charge is 2.11. The molecule has 5 N–H and O–H groups in total. The number of rotatable bonds is 7. The van der Waals surface area contributed by atoms with Gasteiger partial charge in [-0.05, 0) is 0 Å². The van der Waals surface area contributed by atoms with Gasteiger partial charge in [-0.1, -0.05) is 0 Å². The second kappa shape index (κ2) is 6.40. The molecule has 0 aromatic carbocycles. The summed E-state index contributed by atoms with van der Waals surface area (Å²) in [5.41, 5.74) is 3.25. The van der Waals surface area contributed by atoms with E-state index < -0.39 is 33.8 Å². The van der Waals surface area contributed by atoms with Crippen molar-refractivity contribution in [3.05, 3.63) is 0 Å². The smallest absolute Gasteiger partial charge is 0.266 e. The lowest BCUT2D eigenvalue weighted by Gasteiger charge is -2.08. The van der Waals surface area contributed by atoms with Crippen LogP contribution >= 0.6 is 0 Å². The van der Waals surface area contributed by atoms with Crippen molar-refractivity contribution in [3.63, 3.8) is 0 Å². The first-order valence-corrected chi connectivity index (χ1v) is 6.09. The van der Waals surface area contributed by atoms with Crippen molar-refractivity contribution in [2.75, 3.05) is 12.3 Å². The zero-order valence-electron chi connectivity index (χ0n) is 8.51. The summed E-state index contributed by atoms with van der Waals surface area (Å²) < 4.78 is 28.9. The first kappa shape index (κ1) is 14.8. The van der Waals surface area contributed by atoms with Gasteiger partial charge >= 0.3 is 0 Å². The average Bonchev–Trinajstić information content (AvgIpc) is 2.11. The van der Waals surface area contributed by atoms with Crippen LogP contribution in [-0.4, -0.2) is 43.2 Å². The minimum absolute atomic E-state index is 0.0139. The summed E-state index contributed by atoms with van der Waals surface area (Å²) in [5, 5.41) is 12.5. The number of carboxylic acid groups (broad SMARTS) is 1. The van der Waals surface area contributed by atoms with Crippen LogP contribution in [0.25, 0.3) is 0 Å². The van der Waals surface area contributed by atoms with E-state index in [2.05, 4.69) is 11.1 Å². The van der Waals surface area contributed by atoms with Gasteiger partial charge in [0.05, 0.1) is 11.7 Å². The summed E-state index contributed by atoms with van der Waals surface area (Å²) in [6, 6.07) is -0.979. The van der Waals surface area contributed by atoms with E-state index in [0.717, 1.165) is 0 Å². The monoisotopic (exact) mass is 254 g/mol. The minimum Gasteiger partial charge on any atom is -0.544 e. The molecule has 0 aliphatic rings. The van der Waals surface area contributed by atoms with E-state index in [0.29, 0.717) is 0 Å². The number of amides is 1. The Balaban J connectivity index is 3.72. The van der Waals surface area contributed by atoms with Crippen LogP contribution in [-0.2, 0) is 19.7 Å². The molecule has 0 bridgehead atoms. The zero-order valence-corrected chi connectivity index (χ0v) is 9.33. The summed E-state index contributed by atoms with van der Waals surface area (Å²) in [7, 11) is -4.10. The number of aliphatic carboxylic acids is 1. The first-order chi connectivity index (χ1) is 7.22. The molecule has 0 aromatic heterocycles. The van der Waals surface area contributed by atoms with E-state index in [4.69, 9.17) is 4.55 Å². The molecule has 0 saturated carbocycles. The highest BCUT2D eigenvalue weighted by atomic mass is 32.2. The molecule has 94 valence electrons. The third-order valence-corrected chi connectivity index (χ3v) is 2.46. The van der Waals surface area contributed by atoms with Crippen LogP contribution < -0.4 is 16.2 Å².